The molecule has 3 rings (SSSR count). The maximum absolute atomic E-state index is 6.64. The number of rotatable bonds is 12. The molecular weight excluding hydrogens is 543 g/mol. The summed E-state index contributed by atoms with van der Waals surface area (Å²) >= 11 is 0. The summed E-state index contributed by atoms with van der Waals surface area (Å²) in [4.78, 5) is 0. The van der Waals surface area contributed by atoms with E-state index in [0.29, 0.717) is 11.5 Å². The molecule has 0 aliphatic carbocycles. The zero-order valence-corrected chi connectivity index (χ0v) is 26.7. The molecule has 9 nitrogen and oxygen atoms in total. The lowest BCUT2D eigenvalue weighted by Crippen LogP contribution is -2.14. The van der Waals surface area contributed by atoms with Gasteiger partial charge >= 0.3 is 23.0 Å². The van der Waals surface area contributed by atoms with Gasteiger partial charge in [-0.15, -0.1) is 13.5 Å². The van der Waals surface area contributed by atoms with Crippen molar-refractivity contribution < 1.29 is 27.1 Å². The van der Waals surface area contributed by atoms with Crippen molar-refractivity contribution in [1.29, 1.82) is 0 Å². The second-order valence-corrected chi connectivity index (χ2v) is 16.5. The minimum atomic E-state index is -3.59. The van der Waals surface area contributed by atoms with E-state index >= 15 is 0 Å². The van der Waals surface area contributed by atoms with Crippen molar-refractivity contribution in [2.24, 2.45) is 13.5 Å². The summed E-state index contributed by atoms with van der Waals surface area (Å²) in [6.45, 7) is 19.3. The predicted octanol–water partition coefficient (Wildman–Crippen LogP) is 10.3. The van der Waals surface area contributed by atoms with E-state index < -0.39 is 23.0 Å². The average Bonchev–Trinajstić information content (AvgIpc) is 2.70. The number of hydrogen-bond donors (Lipinski definition) is 0. The first-order chi connectivity index (χ1) is 17.7. The molecule has 2 aromatic carbocycles. The zero-order valence-electron chi connectivity index (χ0n) is 24.1. The van der Waals surface area contributed by atoms with Gasteiger partial charge in [0.05, 0.1) is 24.4 Å². The Balaban J connectivity index is 2.43. The Bertz CT molecular complexity index is 1170. The minimum absolute atomic E-state index is 0.257. The Kier molecular flexibility index (Phi) is 10.5. The fourth-order valence-corrected chi connectivity index (χ4v) is 13.4. The van der Waals surface area contributed by atoms with E-state index in [0.717, 1.165) is 11.1 Å². The van der Waals surface area contributed by atoms with Crippen LogP contribution in [0.4, 0.5) is 0 Å². The second-order valence-electron chi connectivity index (χ2n) is 10.2. The molecule has 212 valence electrons. The molecule has 0 spiro atoms. The first-order valence-corrected chi connectivity index (χ1v) is 17.5. The standard InChI is InChI=1S/C26H42N3O6P3/c1-19(2)30-36(31-20(3)4)27-37(32-21(5)6,33-22(7)8)29-38(28-36,34-25-15-11-13-23(9)17-25)35-26-16-12-14-24(10)18-26/h11-22H,1-10H3. The molecule has 0 atom stereocenters. The summed E-state index contributed by atoms with van der Waals surface area (Å²) in [5, 5.41) is 0. The largest absolute Gasteiger partial charge is 0.457 e. The quantitative estimate of drug-likeness (QED) is 0.230. The fourth-order valence-electron chi connectivity index (χ4n) is 3.51. The van der Waals surface area contributed by atoms with Crippen LogP contribution in [0.15, 0.2) is 62.1 Å². The van der Waals surface area contributed by atoms with Gasteiger partial charge in [-0.1, -0.05) is 24.3 Å². The van der Waals surface area contributed by atoms with E-state index in [1.54, 1.807) is 0 Å². The van der Waals surface area contributed by atoms with Gasteiger partial charge in [0, 0.05) is 0 Å². The van der Waals surface area contributed by atoms with Crippen molar-refractivity contribution in [3.8, 4) is 11.5 Å². The third-order valence-electron chi connectivity index (χ3n) is 4.50. The Labute approximate surface area is 228 Å². The Morgan fingerprint density at radius 3 is 1.13 bits per heavy atom. The van der Waals surface area contributed by atoms with Gasteiger partial charge in [0.1, 0.15) is 11.5 Å². The summed E-state index contributed by atoms with van der Waals surface area (Å²) in [7, 11) is -10.4. The van der Waals surface area contributed by atoms with Crippen LogP contribution in [0.5, 0.6) is 11.5 Å². The molecule has 1 heterocycles. The lowest BCUT2D eigenvalue weighted by molar-refractivity contribution is 0.159. The van der Waals surface area contributed by atoms with Crippen LogP contribution in [-0.2, 0) is 18.1 Å². The minimum Gasteiger partial charge on any atom is -0.413 e. The van der Waals surface area contributed by atoms with E-state index in [-0.39, 0.29) is 24.4 Å². The highest BCUT2D eigenvalue weighted by atomic mass is 31.3. The molecule has 0 amide bonds. The predicted molar refractivity (Wildman–Crippen MR) is 157 cm³/mol. The van der Waals surface area contributed by atoms with Gasteiger partial charge in [0.15, 0.2) is 0 Å². The summed E-state index contributed by atoms with van der Waals surface area (Å²) < 4.78 is 54.0. The van der Waals surface area contributed by atoms with Crippen LogP contribution < -0.4 is 9.05 Å². The summed E-state index contributed by atoms with van der Waals surface area (Å²) in [5.41, 5.74) is 2.04. The molecule has 2 aromatic rings. The van der Waals surface area contributed by atoms with Crippen molar-refractivity contribution in [3.63, 3.8) is 0 Å². The molecule has 0 saturated heterocycles. The number of nitrogens with zero attached hydrogens (tertiary/aromatic N) is 3. The highest BCUT2D eigenvalue weighted by molar-refractivity contribution is 7.78. The van der Waals surface area contributed by atoms with Crippen molar-refractivity contribution in [3.05, 3.63) is 59.7 Å². The van der Waals surface area contributed by atoms with E-state index in [4.69, 9.17) is 40.7 Å². The van der Waals surface area contributed by atoms with Crippen molar-refractivity contribution in [2.45, 2.75) is 93.7 Å². The summed E-state index contributed by atoms with van der Waals surface area (Å²) in [6, 6.07) is 15.3. The van der Waals surface area contributed by atoms with Crippen LogP contribution in [0.1, 0.15) is 66.5 Å². The first kappa shape index (κ1) is 31.1. The molecule has 0 radical (unpaired) electrons. The molecule has 1 aliphatic rings. The third kappa shape index (κ3) is 8.79. The number of aryl methyl sites for hydroxylation is 2. The second kappa shape index (κ2) is 12.8. The number of benzene rings is 2. The maximum atomic E-state index is 6.64. The van der Waals surface area contributed by atoms with Crippen molar-refractivity contribution >= 4 is 23.0 Å². The summed E-state index contributed by atoms with van der Waals surface area (Å²) in [6.07, 6.45) is -1.03. The molecule has 38 heavy (non-hydrogen) atoms. The SMILES string of the molecule is Cc1cccc(OP2(Oc3cccc(C)c3)=NP(OC(C)C)(OC(C)C)=NP(OC(C)C)(OC(C)C)=N2)c1. The summed E-state index contributed by atoms with van der Waals surface area (Å²) in [5.74, 6) is 1.11. The molecular formula is C26H42N3O6P3. The number of hydrogen-bond acceptors (Lipinski definition) is 9. The first-order valence-electron chi connectivity index (χ1n) is 12.9. The van der Waals surface area contributed by atoms with Gasteiger partial charge < -0.3 is 27.1 Å². The Hall–Kier alpha value is -1.43. The van der Waals surface area contributed by atoms with Gasteiger partial charge in [-0.3, -0.25) is 0 Å². The van der Waals surface area contributed by atoms with Crippen LogP contribution in [0, 0.1) is 13.8 Å². The Morgan fingerprint density at radius 2 is 0.816 bits per heavy atom. The van der Waals surface area contributed by atoms with Crippen LogP contribution in [-0.4, -0.2) is 24.4 Å². The van der Waals surface area contributed by atoms with E-state index in [1.165, 1.54) is 0 Å². The smallest absolute Gasteiger partial charge is 0.413 e. The van der Waals surface area contributed by atoms with Gasteiger partial charge in [-0.25, -0.2) is 0 Å². The Morgan fingerprint density at radius 1 is 0.500 bits per heavy atom. The van der Waals surface area contributed by atoms with Crippen molar-refractivity contribution in [1.82, 2.24) is 0 Å². The molecule has 0 N–H and O–H groups in total. The van der Waals surface area contributed by atoms with Crippen LogP contribution in [0.25, 0.3) is 0 Å². The molecule has 0 unspecified atom stereocenters. The molecule has 0 saturated carbocycles. The van der Waals surface area contributed by atoms with Gasteiger partial charge in [0.25, 0.3) is 0 Å². The van der Waals surface area contributed by atoms with Gasteiger partial charge in [0.2, 0.25) is 0 Å². The van der Waals surface area contributed by atoms with E-state index in [1.807, 2.05) is 118 Å². The molecule has 0 bridgehead atoms. The highest BCUT2D eigenvalue weighted by Gasteiger charge is 2.46. The van der Waals surface area contributed by atoms with Gasteiger partial charge in [-0.2, -0.15) is 0 Å². The molecule has 0 fully saturated rings. The maximum Gasteiger partial charge on any atom is 0.457 e. The average molecular weight is 586 g/mol. The van der Waals surface area contributed by atoms with Gasteiger partial charge in [-0.05, 0) is 105 Å². The third-order valence-corrected chi connectivity index (χ3v) is 13.6. The fraction of sp³-hybridized carbons (Fsp3) is 0.538. The van der Waals surface area contributed by atoms with E-state index in [9.17, 15) is 0 Å². The topological polar surface area (TPSA) is 92.5 Å². The normalized spacial score (nSPS) is 17.7. The van der Waals surface area contributed by atoms with Crippen LogP contribution in [0.2, 0.25) is 0 Å². The van der Waals surface area contributed by atoms with Crippen LogP contribution >= 0.6 is 23.0 Å². The lowest BCUT2D eigenvalue weighted by Gasteiger charge is -2.35. The molecule has 12 heteroatoms. The molecule has 1 aliphatic heterocycles. The van der Waals surface area contributed by atoms with E-state index in [2.05, 4.69) is 0 Å². The molecule has 0 aromatic heterocycles. The van der Waals surface area contributed by atoms with Crippen LogP contribution in [0.3, 0.4) is 0 Å². The van der Waals surface area contributed by atoms with Crippen molar-refractivity contribution in [2.75, 3.05) is 0 Å². The zero-order chi connectivity index (χ0) is 28.1. The monoisotopic (exact) mass is 585 g/mol. The lowest BCUT2D eigenvalue weighted by atomic mass is 10.2. The highest BCUT2D eigenvalue weighted by Crippen LogP contribution is 2.80.